The van der Waals surface area contributed by atoms with Gasteiger partial charge in [0.25, 0.3) is 0 Å². The summed E-state index contributed by atoms with van der Waals surface area (Å²) in [4.78, 5) is 11.3. The molecule has 0 aliphatic rings. The molecule has 18 heavy (non-hydrogen) atoms. The van der Waals surface area contributed by atoms with Gasteiger partial charge in [-0.3, -0.25) is 4.79 Å². The Labute approximate surface area is 108 Å². The zero-order valence-corrected chi connectivity index (χ0v) is 10.3. The third kappa shape index (κ3) is 4.03. The van der Waals surface area contributed by atoms with E-state index in [1.165, 1.54) is 6.07 Å². The molecule has 2 N–H and O–H groups in total. The van der Waals surface area contributed by atoms with Gasteiger partial charge in [-0.25, -0.2) is 0 Å². The number of carbonyl (C=O) groups excluding carboxylic acids is 1. The lowest BCUT2D eigenvalue weighted by molar-refractivity contribution is -0.142. The Morgan fingerprint density at radius 2 is 2.17 bits per heavy atom. The minimum Gasteiger partial charge on any atom is -0.466 e. The predicted molar refractivity (Wildman–Crippen MR) is 62.8 cm³/mol. The first kappa shape index (κ1) is 14.5. The standard InChI is InChI=1S/C11H12ClF2NO3/c1-2-17-10(16)4-6-3-8(15)7(12)5-9(6)18-11(13)14/h3,5,11H,2,4,15H2,1H3. The highest BCUT2D eigenvalue weighted by molar-refractivity contribution is 6.33. The third-order valence-corrected chi connectivity index (χ3v) is 2.36. The highest BCUT2D eigenvalue weighted by Gasteiger charge is 2.15. The topological polar surface area (TPSA) is 61.5 Å². The number of esters is 1. The molecule has 0 saturated carbocycles. The van der Waals surface area contributed by atoms with E-state index < -0.39 is 12.6 Å². The van der Waals surface area contributed by atoms with Gasteiger partial charge < -0.3 is 15.2 Å². The van der Waals surface area contributed by atoms with Gasteiger partial charge in [-0.1, -0.05) is 11.6 Å². The van der Waals surface area contributed by atoms with Crippen molar-refractivity contribution in [3.63, 3.8) is 0 Å². The lowest BCUT2D eigenvalue weighted by Crippen LogP contribution is -2.11. The largest absolute Gasteiger partial charge is 0.466 e. The summed E-state index contributed by atoms with van der Waals surface area (Å²) in [6, 6.07) is 2.47. The van der Waals surface area contributed by atoms with E-state index in [-0.39, 0.29) is 35.1 Å². The van der Waals surface area contributed by atoms with Gasteiger partial charge in [0.15, 0.2) is 0 Å². The van der Waals surface area contributed by atoms with Crippen LogP contribution in [-0.2, 0) is 16.0 Å². The lowest BCUT2D eigenvalue weighted by atomic mass is 10.1. The van der Waals surface area contributed by atoms with Crippen LogP contribution in [-0.4, -0.2) is 19.2 Å². The molecular weight excluding hydrogens is 268 g/mol. The number of carbonyl (C=O) groups is 1. The molecule has 0 atom stereocenters. The van der Waals surface area contributed by atoms with Crippen molar-refractivity contribution in [2.45, 2.75) is 20.0 Å². The van der Waals surface area contributed by atoms with E-state index in [0.717, 1.165) is 6.07 Å². The fourth-order valence-electron chi connectivity index (χ4n) is 1.33. The van der Waals surface area contributed by atoms with E-state index in [1.54, 1.807) is 6.92 Å². The molecule has 0 radical (unpaired) electrons. The molecule has 0 amide bonds. The maximum absolute atomic E-state index is 12.2. The van der Waals surface area contributed by atoms with Crippen LogP contribution in [0.1, 0.15) is 12.5 Å². The second-order valence-electron chi connectivity index (χ2n) is 3.34. The van der Waals surface area contributed by atoms with Gasteiger partial charge in [0.2, 0.25) is 0 Å². The summed E-state index contributed by atoms with van der Waals surface area (Å²) in [7, 11) is 0. The average Bonchev–Trinajstić information content (AvgIpc) is 2.25. The van der Waals surface area contributed by atoms with Gasteiger partial charge in [0.05, 0.1) is 23.7 Å². The van der Waals surface area contributed by atoms with Crippen molar-refractivity contribution in [1.82, 2.24) is 0 Å². The number of hydrogen-bond acceptors (Lipinski definition) is 4. The number of halogens is 3. The SMILES string of the molecule is CCOC(=O)Cc1cc(N)c(Cl)cc1OC(F)F. The van der Waals surface area contributed by atoms with Crippen LogP contribution >= 0.6 is 11.6 Å². The Kier molecular flexibility index (Phi) is 5.15. The Balaban J connectivity index is 2.99. The summed E-state index contributed by atoms with van der Waals surface area (Å²) in [6.07, 6.45) is -0.211. The molecule has 0 spiro atoms. The minimum absolute atomic E-state index is 0.0817. The average molecular weight is 280 g/mol. The second-order valence-corrected chi connectivity index (χ2v) is 3.75. The van der Waals surface area contributed by atoms with Crippen molar-refractivity contribution in [3.8, 4) is 5.75 Å². The summed E-state index contributed by atoms with van der Waals surface area (Å²) in [6.45, 7) is -1.16. The van der Waals surface area contributed by atoms with Crippen LogP contribution in [0.5, 0.6) is 5.75 Å². The summed E-state index contributed by atoms with van der Waals surface area (Å²) >= 11 is 5.70. The molecule has 0 aliphatic carbocycles. The van der Waals surface area contributed by atoms with Crippen LogP contribution in [0.3, 0.4) is 0 Å². The third-order valence-electron chi connectivity index (χ3n) is 2.04. The van der Waals surface area contributed by atoms with Gasteiger partial charge >= 0.3 is 12.6 Å². The van der Waals surface area contributed by atoms with Crippen molar-refractivity contribution in [2.75, 3.05) is 12.3 Å². The van der Waals surface area contributed by atoms with Crippen LogP contribution in [0, 0.1) is 0 Å². The summed E-state index contributed by atoms with van der Waals surface area (Å²) < 4.78 is 33.4. The Morgan fingerprint density at radius 3 is 2.72 bits per heavy atom. The van der Waals surface area contributed by atoms with Crippen molar-refractivity contribution in [3.05, 3.63) is 22.7 Å². The zero-order valence-electron chi connectivity index (χ0n) is 9.58. The fourth-order valence-corrected chi connectivity index (χ4v) is 1.48. The first-order valence-electron chi connectivity index (χ1n) is 5.12. The maximum atomic E-state index is 12.2. The van der Waals surface area contributed by atoms with Crippen LogP contribution in [0.2, 0.25) is 5.02 Å². The molecule has 0 aliphatic heterocycles. The summed E-state index contributed by atoms with van der Waals surface area (Å²) in [5.74, 6) is -0.740. The summed E-state index contributed by atoms with van der Waals surface area (Å²) in [5, 5.41) is 0.0817. The highest BCUT2D eigenvalue weighted by Crippen LogP contribution is 2.30. The predicted octanol–water partition coefficient (Wildman–Crippen LogP) is 2.63. The van der Waals surface area contributed by atoms with Crippen molar-refractivity contribution < 1.29 is 23.0 Å². The molecule has 1 aromatic rings. The number of anilines is 1. The summed E-state index contributed by atoms with van der Waals surface area (Å²) in [5.41, 5.74) is 5.93. The van der Waals surface area contributed by atoms with Gasteiger partial charge in [-0.2, -0.15) is 8.78 Å². The monoisotopic (exact) mass is 279 g/mol. The molecule has 1 rings (SSSR count). The van der Waals surface area contributed by atoms with Gasteiger partial charge in [0, 0.05) is 11.6 Å². The minimum atomic E-state index is -3.01. The van der Waals surface area contributed by atoms with Crippen LogP contribution in [0.25, 0.3) is 0 Å². The molecule has 0 heterocycles. The second kappa shape index (κ2) is 6.39. The zero-order chi connectivity index (χ0) is 13.7. The number of ether oxygens (including phenoxy) is 2. The normalized spacial score (nSPS) is 10.5. The van der Waals surface area contributed by atoms with Crippen molar-refractivity contribution in [2.24, 2.45) is 0 Å². The molecule has 0 aromatic heterocycles. The van der Waals surface area contributed by atoms with E-state index in [9.17, 15) is 13.6 Å². The number of hydrogen-bond donors (Lipinski definition) is 1. The van der Waals surface area contributed by atoms with Crippen LogP contribution in [0.15, 0.2) is 12.1 Å². The quantitative estimate of drug-likeness (QED) is 0.665. The van der Waals surface area contributed by atoms with Gasteiger partial charge in [-0.15, -0.1) is 0 Å². The van der Waals surface area contributed by atoms with E-state index in [2.05, 4.69) is 4.74 Å². The van der Waals surface area contributed by atoms with E-state index in [4.69, 9.17) is 22.1 Å². The Hall–Kier alpha value is -1.56. The highest BCUT2D eigenvalue weighted by atomic mass is 35.5. The van der Waals surface area contributed by atoms with E-state index >= 15 is 0 Å². The number of rotatable bonds is 5. The number of alkyl halides is 2. The van der Waals surface area contributed by atoms with Crippen molar-refractivity contribution >= 4 is 23.3 Å². The van der Waals surface area contributed by atoms with E-state index in [0.29, 0.717) is 0 Å². The maximum Gasteiger partial charge on any atom is 0.387 e. The first-order chi connectivity index (χ1) is 8.43. The first-order valence-corrected chi connectivity index (χ1v) is 5.50. The van der Waals surface area contributed by atoms with Crippen LogP contribution in [0.4, 0.5) is 14.5 Å². The lowest BCUT2D eigenvalue weighted by Gasteiger charge is -2.12. The molecule has 7 heteroatoms. The number of nitrogen functional groups attached to an aromatic ring is 1. The molecule has 0 unspecified atom stereocenters. The molecule has 0 saturated heterocycles. The fraction of sp³-hybridized carbons (Fsp3) is 0.364. The molecule has 4 nitrogen and oxygen atoms in total. The molecule has 0 fully saturated rings. The molecule has 100 valence electrons. The van der Waals surface area contributed by atoms with Gasteiger partial charge in [0.1, 0.15) is 5.75 Å². The smallest absolute Gasteiger partial charge is 0.387 e. The van der Waals surface area contributed by atoms with Crippen molar-refractivity contribution in [1.29, 1.82) is 0 Å². The Morgan fingerprint density at radius 1 is 1.50 bits per heavy atom. The van der Waals surface area contributed by atoms with E-state index in [1.807, 2.05) is 0 Å². The number of benzene rings is 1. The van der Waals surface area contributed by atoms with Gasteiger partial charge in [-0.05, 0) is 13.0 Å². The number of nitrogens with two attached hydrogens (primary N) is 1. The molecule has 1 aromatic carbocycles. The molecular formula is C11H12ClF2NO3. The molecule has 0 bridgehead atoms. The van der Waals surface area contributed by atoms with Crippen LogP contribution < -0.4 is 10.5 Å². The Bertz CT molecular complexity index is 441.